The Morgan fingerprint density at radius 3 is 2.33 bits per heavy atom. The molecule has 0 amide bonds. The maximum Gasteiger partial charge on any atom is 0.311 e. The summed E-state index contributed by atoms with van der Waals surface area (Å²) >= 11 is 0. The van der Waals surface area contributed by atoms with Crippen LogP contribution in [0.4, 0.5) is 0 Å². The third-order valence-electron chi connectivity index (χ3n) is 4.40. The van der Waals surface area contributed by atoms with Gasteiger partial charge in [0.15, 0.2) is 0 Å². The molecule has 3 aromatic rings. The fraction of sp³-hybridized carbons (Fsp3) is 0.190. The first kappa shape index (κ1) is 16.2. The number of fused-ring (bicyclic) bond motifs is 1. The minimum atomic E-state index is -0.876. The van der Waals surface area contributed by atoms with Crippen molar-refractivity contribution in [1.29, 1.82) is 0 Å². The summed E-state index contributed by atoms with van der Waals surface area (Å²) in [6.07, 6.45) is -0.876. The maximum absolute atomic E-state index is 11.6. The third kappa shape index (κ3) is 3.03. The Balaban J connectivity index is 1.93. The lowest BCUT2D eigenvalue weighted by molar-refractivity contribution is -0.148. The van der Waals surface area contributed by atoms with Crippen LogP contribution in [0.1, 0.15) is 18.6 Å². The number of hydrogen-bond donors (Lipinski definition) is 1. The molecule has 0 spiro atoms. The van der Waals surface area contributed by atoms with Gasteiger partial charge in [0, 0.05) is 0 Å². The lowest BCUT2D eigenvalue weighted by Crippen LogP contribution is -2.20. The minimum Gasteiger partial charge on any atom is -0.469 e. The van der Waals surface area contributed by atoms with Crippen molar-refractivity contribution in [3.63, 3.8) is 0 Å². The highest BCUT2D eigenvalue weighted by atomic mass is 16.5. The van der Waals surface area contributed by atoms with E-state index in [4.69, 9.17) is 4.74 Å². The number of hydrogen-bond acceptors (Lipinski definition) is 3. The highest BCUT2D eigenvalue weighted by Crippen LogP contribution is 2.30. The van der Waals surface area contributed by atoms with E-state index in [1.807, 2.05) is 42.5 Å². The molecule has 2 unspecified atom stereocenters. The van der Waals surface area contributed by atoms with E-state index >= 15 is 0 Å². The van der Waals surface area contributed by atoms with Crippen LogP contribution in [0.15, 0.2) is 66.7 Å². The number of methoxy groups -OCH3 is 1. The Morgan fingerprint density at radius 1 is 0.958 bits per heavy atom. The molecule has 2 atom stereocenters. The van der Waals surface area contributed by atoms with Gasteiger partial charge in [0.1, 0.15) is 0 Å². The van der Waals surface area contributed by atoms with Gasteiger partial charge in [-0.2, -0.15) is 0 Å². The van der Waals surface area contributed by atoms with Gasteiger partial charge >= 0.3 is 5.97 Å². The van der Waals surface area contributed by atoms with Gasteiger partial charge in [-0.25, -0.2) is 0 Å². The molecule has 1 N–H and O–H groups in total. The molecule has 3 aromatic carbocycles. The van der Waals surface area contributed by atoms with E-state index in [1.165, 1.54) is 17.9 Å². The average Bonchev–Trinajstić information content (AvgIpc) is 2.66. The predicted octanol–water partition coefficient (Wildman–Crippen LogP) is 4.35. The van der Waals surface area contributed by atoms with Crippen molar-refractivity contribution in [1.82, 2.24) is 0 Å². The first-order valence-electron chi connectivity index (χ1n) is 7.96. The summed E-state index contributed by atoms with van der Waals surface area (Å²) in [5.41, 5.74) is 2.93. The predicted molar refractivity (Wildman–Crippen MR) is 95.5 cm³/mol. The van der Waals surface area contributed by atoms with Crippen molar-refractivity contribution in [2.45, 2.75) is 13.0 Å². The number of benzene rings is 3. The van der Waals surface area contributed by atoms with Gasteiger partial charge in [0.2, 0.25) is 0 Å². The van der Waals surface area contributed by atoms with Crippen LogP contribution in [0.5, 0.6) is 0 Å². The molecular weight excluding hydrogens is 300 g/mol. The fourth-order valence-corrected chi connectivity index (χ4v) is 2.94. The van der Waals surface area contributed by atoms with E-state index in [-0.39, 0.29) is 0 Å². The molecule has 0 saturated heterocycles. The van der Waals surface area contributed by atoms with Crippen LogP contribution in [-0.4, -0.2) is 18.2 Å². The monoisotopic (exact) mass is 320 g/mol. The molecule has 24 heavy (non-hydrogen) atoms. The number of carbonyl (C=O) groups is 1. The topological polar surface area (TPSA) is 46.5 Å². The summed E-state index contributed by atoms with van der Waals surface area (Å²) in [5, 5.41) is 12.7. The van der Waals surface area contributed by atoms with Crippen molar-refractivity contribution in [3.05, 3.63) is 72.3 Å². The summed E-state index contributed by atoms with van der Waals surface area (Å²) in [6, 6.07) is 22.2. The van der Waals surface area contributed by atoms with Crippen molar-refractivity contribution >= 4 is 16.7 Å². The molecule has 3 rings (SSSR count). The highest BCUT2D eigenvalue weighted by Gasteiger charge is 2.24. The van der Waals surface area contributed by atoms with Crippen molar-refractivity contribution in [3.8, 4) is 11.1 Å². The quantitative estimate of drug-likeness (QED) is 0.727. The highest BCUT2D eigenvalue weighted by molar-refractivity contribution is 5.96. The van der Waals surface area contributed by atoms with Crippen LogP contribution in [0.25, 0.3) is 21.9 Å². The molecule has 122 valence electrons. The Hall–Kier alpha value is -2.65. The first-order chi connectivity index (χ1) is 11.6. The number of aliphatic hydroxyl groups excluding tert-OH is 1. The van der Waals surface area contributed by atoms with Gasteiger partial charge < -0.3 is 9.84 Å². The molecule has 3 heteroatoms. The van der Waals surface area contributed by atoms with Crippen LogP contribution < -0.4 is 0 Å². The summed E-state index contributed by atoms with van der Waals surface area (Å²) < 4.78 is 4.70. The van der Waals surface area contributed by atoms with Gasteiger partial charge in [-0.1, -0.05) is 66.7 Å². The Bertz CT molecular complexity index is 847. The normalized spacial score (nSPS) is 13.5. The average molecular weight is 320 g/mol. The molecule has 0 aliphatic rings. The molecule has 3 nitrogen and oxygen atoms in total. The largest absolute Gasteiger partial charge is 0.469 e. The molecule has 0 radical (unpaired) electrons. The zero-order valence-electron chi connectivity index (χ0n) is 13.8. The molecule has 0 aromatic heterocycles. The smallest absolute Gasteiger partial charge is 0.311 e. The third-order valence-corrected chi connectivity index (χ3v) is 4.40. The van der Waals surface area contributed by atoms with E-state index in [1.54, 1.807) is 6.92 Å². The van der Waals surface area contributed by atoms with Crippen LogP contribution in [0, 0.1) is 5.92 Å². The molecule has 0 aliphatic heterocycles. The van der Waals surface area contributed by atoms with Gasteiger partial charge in [-0.3, -0.25) is 4.79 Å². The van der Waals surface area contributed by atoms with Crippen LogP contribution >= 0.6 is 0 Å². The molecule has 0 heterocycles. The lowest BCUT2D eigenvalue weighted by Gasteiger charge is -2.17. The van der Waals surface area contributed by atoms with Gasteiger partial charge in [0.25, 0.3) is 0 Å². The summed E-state index contributed by atoms with van der Waals surface area (Å²) in [4.78, 5) is 11.6. The van der Waals surface area contributed by atoms with E-state index in [0.29, 0.717) is 5.56 Å². The molecule has 0 bridgehead atoms. The Morgan fingerprint density at radius 2 is 1.62 bits per heavy atom. The molecule has 0 aliphatic carbocycles. The number of esters is 1. The maximum atomic E-state index is 11.6. The Labute approximate surface area is 141 Å². The number of aliphatic hydroxyl groups is 1. The van der Waals surface area contributed by atoms with Gasteiger partial charge in [-0.05, 0) is 34.4 Å². The second kappa shape index (κ2) is 6.85. The van der Waals surface area contributed by atoms with Crippen LogP contribution in [0.2, 0.25) is 0 Å². The standard InChI is InChI=1S/C21H20O3/c1-14(21(23)24-2)20(22)17-12-10-16(11-13-17)19-9-5-7-15-6-3-4-8-18(15)19/h3-14,20,22H,1-2H3. The summed E-state index contributed by atoms with van der Waals surface area (Å²) in [7, 11) is 1.33. The fourth-order valence-electron chi connectivity index (χ4n) is 2.94. The second-order valence-corrected chi connectivity index (χ2v) is 5.91. The van der Waals surface area contributed by atoms with Crippen molar-refractivity contribution < 1.29 is 14.6 Å². The molecule has 0 fully saturated rings. The van der Waals surface area contributed by atoms with Crippen LogP contribution in [-0.2, 0) is 9.53 Å². The molecular formula is C21H20O3. The summed E-state index contributed by atoms with van der Waals surface area (Å²) in [6.45, 7) is 1.66. The first-order valence-corrected chi connectivity index (χ1v) is 7.96. The summed E-state index contributed by atoms with van der Waals surface area (Å²) in [5.74, 6) is -1.01. The molecule has 0 saturated carbocycles. The minimum absolute atomic E-state index is 0.416. The van der Waals surface area contributed by atoms with E-state index < -0.39 is 18.0 Å². The van der Waals surface area contributed by atoms with E-state index in [0.717, 1.165) is 11.1 Å². The Kier molecular flexibility index (Phi) is 4.63. The number of rotatable bonds is 4. The second-order valence-electron chi connectivity index (χ2n) is 5.91. The number of ether oxygens (including phenoxy) is 1. The zero-order valence-corrected chi connectivity index (χ0v) is 13.8. The lowest BCUT2D eigenvalue weighted by atomic mass is 9.94. The van der Waals surface area contributed by atoms with Crippen molar-refractivity contribution in [2.24, 2.45) is 5.92 Å². The number of carbonyl (C=O) groups excluding carboxylic acids is 1. The van der Waals surface area contributed by atoms with Gasteiger partial charge in [-0.15, -0.1) is 0 Å². The van der Waals surface area contributed by atoms with Crippen molar-refractivity contribution in [2.75, 3.05) is 7.11 Å². The SMILES string of the molecule is COC(=O)C(C)C(O)c1ccc(-c2cccc3ccccc23)cc1. The van der Waals surface area contributed by atoms with Crippen LogP contribution in [0.3, 0.4) is 0 Å². The van der Waals surface area contributed by atoms with E-state index in [9.17, 15) is 9.90 Å². The van der Waals surface area contributed by atoms with Gasteiger partial charge in [0.05, 0.1) is 19.1 Å². The van der Waals surface area contributed by atoms with E-state index in [2.05, 4.69) is 24.3 Å². The zero-order chi connectivity index (χ0) is 17.1.